The van der Waals surface area contributed by atoms with Gasteiger partial charge >= 0.3 is 0 Å². The Balaban J connectivity index is 2.29. The Kier molecular flexibility index (Phi) is 3.02. The number of carbonyl (C=O) groups excluding carboxylic acids is 1. The average Bonchev–Trinajstić information content (AvgIpc) is 2.00. The maximum Gasteiger partial charge on any atom is 0.166 e. The van der Waals surface area contributed by atoms with Crippen molar-refractivity contribution < 1.29 is 14.3 Å². The minimum atomic E-state index is -0.278. The fraction of sp³-hybridized carbons (Fsp3) is 0.875. The molecule has 1 aliphatic rings. The molecule has 0 N–H and O–H groups in total. The molecule has 0 unspecified atom stereocenters. The molecule has 1 aliphatic carbocycles. The number of Topliss-reactive ketones (excluding diaryl/α,β-unsaturated/α-hetero) is 1. The smallest absolute Gasteiger partial charge is 0.166 e. The van der Waals surface area contributed by atoms with E-state index in [1.165, 1.54) is 0 Å². The van der Waals surface area contributed by atoms with Crippen LogP contribution >= 0.6 is 0 Å². The van der Waals surface area contributed by atoms with E-state index in [1.807, 2.05) is 13.8 Å². The van der Waals surface area contributed by atoms with Crippen molar-refractivity contribution in [3.8, 4) is 0 Å². The third kappa shape index (κ3) is 1.79. The van der Waals surface area contributed by atoms with Gasteiger partial charge in [0, 0.05) is 19.6 Å². The molecule has 0 aromatic carbocycles. The summed E-state index contributed by atoms with van der Waals surface area (Å²) in [7, 11) is 0. The van der Waals surface area contributed by atoms with Gasteiger partial charge in [-0.2, -0.15) is 0 Å². The summed E-state index contributed by atoms with van der Waals surface area (Å²) in [5.41, 5.74) is 0. The number of ketones is 1. The van der Waals surface area contributed by atoms with Crippen molar-refractivity contribution in [1.29, 1.82) is 0 Å². The van der Waals surface area contributed by atoms with E-state index in [4.69, 9.17) is 9.47 Å². The highest BCUT2D eigenvalue weighted by molar-refractivity contribution is 5.90. The SMILES string of the molecule is CCO[C@@H]1C(=O)C[C@H]1OCC. The second-order valence-electron chi connectivity index (χ2n) is 2.54. The van der Waals surface area contributed by atoms with Gasteiger partial charge in [0.1, 0.15) is 6.10 Å². The lowest BCUT2D eigenvalue weighted by Crippen LogP contribution is -2.50. The van der Waals surface area contributed by atoms with Gasteiger partial charge in [-0.15, -0.1) is 0 Å². The molecule has 1 saturated carbocycles. The van der Waals surface area contributed by atoms with Gasteiger partial charge in [-0.05, 0) is 13.8 Å². The molecular formula is C8H14O3. The topological polar surface area (TPSA) is 35.5 Å². The van der Waals surface area contributed by atoms with Crippen LogP contribution in [0.2, 0.25) is 0 Å². The van der Waals surface area contributed by atoms with Crippen LogP contribution in [0.4, 0.5) is 0 Å². The number of rotatable bonds is 4. The fourth-order valence-electron chi connectivity index (χ4n) is 1.21. The molecule has 0 spiro atoms. The zero-order chi connectivity index (χ0) is 8.27. The van der Waals surface area contributed by atoms with Crippen LogP contribution in [0, 0.1) is 0 Å². The summed E-state index contributed by atoms with van der Waals surface area (Å²) in [4.78, 5) is 10.9. The van der Waals surface area contributed by atoms with E-state index in [9.17, 15) is 4.79 Å². The van der Waals surface area contributed by atoms with E-state index in [2.05, 4.69) is 0 Å². The molecule has 1 fully saturated rings. The molecule has 1 rings (SSSR count). The molecule has 0 amide bonds. The molecule has 0 aromatic heterocycles. The molecule has 3 nitrogen and oxygen atoms in total. The molecule has 0 saturated heterocycles. The number of hydrogen-bond donors (Lipinski definition) is 0. The van der Waals surface area contributed by atoms with Crippen molar-refractivity contribution in [3.63, 3.8) is 0 Å². The molecule has 0 heterocycles. The fourth-order valence-corrected chi connectivity index (χ4v) is 1.21. The van der Waals surface area contributed by atoms with Crippen molar-refractivity contribution in [3.05, 3.63) is 0 Å². The van der Waals surface area contributed by atoms with Gasteiger partial charge in [0.25, 0.3) is 0 Å². The first-order valence-electron chi connectivity index (χ1n) is 4.05. The van der Waals surface area contributed by atoms with Crippen molar-refractivity contribution in [2.45, 2.75) is 32.5 Å². The first-order valence-corrected chi connectivity index (χ1v) is 4.05. The molecule has 2 atom stereocenters. The third-order valence-corrected chi connectivity index (χ3v) is 1.78. The van der Waals surface area contributed by atoms with Crippen LogP contribution in [0.1, 0.15) is 20.3 Å². The van der Waals surface area contributed by atoms with Gasteiger partial charge in [-0.3, -0.25) is 4.79 Å². The van der Waals surface area contributed by atoms with Crippen LogP contribution in [0.3, 0.4) is 0 Å². The molecule has 3 heteroatoms. The lowest BCUT2D eigenvalue weighted by atomic mass is 9.90. The minimum absolute atomic E-state index is 0.0208. The van der Waals surface area contributed by atoms with E-state index >= 15 is 0 Å². The van der Waals surface area contributed by atoms with Crippen LogP contribution in [-0.4, -0.2) is 31.2 Å². The number of carbonyl (C=O) groups is 1. The molecule has 0 bridgehead atoms. The van der Waals surface area contributed by atoms with E-state index < -0.39 is 0 Å². The zero-order valence-electron chi connectivity index (χ0n) is 7.00. The van der Waals surface area contributed by atoms with Gasteiger partial charge < -0.3 is 9.47 Å². The highest BCUT2D eigenvalue weighted by atomic mass is 16.5. The lowest BCUT2D eigenvalue weighted by molar-refractivity contribution is -0.164. The second-order valence-corrected chi connectivity index (χ2v) is 2.54. The highest BCUT2D eigenvalue weighted by Crippen LogP contribution is 2.22. The predicted molar refractivity (Wildman–Crippen MR) is 40.5 cm³/mol. The molecule has 11 heavy (non-hydrogen) atoms. The van der Waals surface area contributed by atoms with Crippen LogP contribution in [-0.2, 0) is 14.3 Å². The molecule has 0 radical (unpaired) electrons. The van der Waals surface area contributed by atoms with Gasteiger partial charge in [0.15, 0.2) is 5.78 Å². The second kappa shape index (κ2) is 3.83. The summed E-state index contributed by atoms with van der Waals surface area (Å²) < 4.78 is 10.4. The van der Waals surface area contributed by atoms with Crippen LogP contribution < -0.4 is 0 Å². The maximum atomic E-state index is 10.9. The highest BCUT2D eigenvalue weighted by Gasteiger charge is 2.40. The van der Waals surface area contributed by atoms with E-state index in [1.54, 1.807) is 0 Å². The summed E-state index contributed by atoms with van der Waals surface area (Å²) in [6.45, 7) is 5.04. The van der Waals surface area contributed by atoms with Gasteiger partial charge in [0.05, 0.1) is 6.10 Å². The summed E-state index contributed by atoms with van der Waals surface area (Å²) in [5, 5.41) is 0. The standard InChI is InChI=1S/C8H14O3/c1-3-10-7-5-6(9)8(7)11-4-2/h7-8H,3-5H2,1-2H3/t7-,8-/m1/s1. The monoisotopic (exact) mass is 158 g/mol. The Morgan fingerprint density at radius 2 is 2.00 bits per heavy atom. The third-order valence-electron chi connectivity index (χ3n) is 1.78. The first kappa shape index (κ1) is 8.68. The Bertz CT molecular complexity index is 144. The van der Waals surface area contributed by atoms with Crippen molar-refractivity contribution in [2.24, 2.45) is 0 Å². The Morgan fingerprint density at radius 1 is 1.36 bits per heavy atom. The largest absolute Gasteiger partial charge is 0.375 e. The average molecular weight is 158 g/mol. The van der Waals surface area contributed by atoms with E-state index in [0.29, 0.717) is 19.6 Å². The summed E-state index contributed by atoms with van der Waals surface area (Å²) in [6, 6.07) is 0. The van der Waals surface area contributed by atoms with Crippen molar-refractivity contribution in [2.75, 3.05) is 13.2 Å². The maximum absolute atomic E-state index is 10.9. The van der Waals surface area contributed by atoms with E-state index in [-0.39, 0.29) is 18.0 Å². The van der Waals surface area contributed by atoms with Crippen LogP contribution in [0.15, 0.2) is 0 Å². The van der Waals surface area contributed by atoms with E-state index in [0.717, 1.165) is 0 Å². The Morgan fingerprint density at radius 3 is 2.45 bits per heavy atom. The quantitative estimate of drug-likeness (QED) is 0.606. The summed E-state index contributed by atoms with van der Waals surface area (Å²) in [6.07, 6.45) is 0.269. The predicted octanol–water partition coefficient (Wildman–Crippen LogP) is 0.769. The Labute approximate surface area is 66.7 Å². The Hall–Kier alpha value is -0.410. The zero-order valence-corrected chi connectivity index (χ0v) is 7.00. The van der Waals surface area contributed by atoms with Crippen LogP contribution in [0.5, 0.6) is 0 Å². The van der Waals surface area contributed by atoms with Crippen LogP contribution in [0.25, 0.3) is 0 Å². The summed E-state index contributed by atoms with van der Waals surface area (Å²) >= 11 is 0. The van der Waals surface area contributed by atoms with Crippen molar-refractivity contribution >= 4 is 5.78 Å². The molecule has 0 aromatic rings. The molecular weight excluding hydrogens is 144 g/mol. The summed E-state index contributed by atoms with van der Waals surface area (Å²) in [5.74, 6) is 0.172. The lowest BCUT2D eigenvalue weighted by Gasteiger charge is -2.33. The van der Waals surface area contributed by atoms with Gasteiger partial charge in [0.2, 0.25) is 0 Å². The molecule has 64 valence electrons. The minimum Gasteiger partial charge on any atom is -0.375 e. The number of hydrogen-bond acceptors (Lipinski definition) is 3. The van der Waals surface area contributed by atoms with Gasteiger partial charge in [-0.25, -0.2) is 0 Å². The van der Waals surface area contributed by atoms with Crippen molar-refractivity contribution in [1.82, 2.24) is 0 Å². The molecule has 0 aliphatic heterocycles. The normalized spacial score (nSPS) is 30.2. The van der Waals surface area contributed by atoms with Gasteiger partial charge in [-0.1, -0.05) is 0 Å². The first-order chi connectivity index (χ1) is 5.29. The number of ether oxygens (including phenoxy) is 2.